The minimum atomic E-state index is 0.375. The molecule has 0 aromatic carbocycles. The van der Waals surface area contributed by atoms with Gasteiger partial charge in [0, 0.05) is 5.25 Å². The van der Waals surface area contributed by atoms with Crippen molar-refractivity contribution in [3.8, 4) is 0 Å². The molecule has 1 heteroatoms. The summed E-state index contributed by atoms with van der Waals surface area (Å²) in [5, 5.41) is 3.02. The van der Waals surface area contributed by atoms with Crippen LogP contribution < -0.4 is 0 Å². The summed E-state index contributed by atoms with van der Waals surface area (Å²) >= 11 is 1.94. The molecule has 0 spiro atoms. The first-order valence-corrected chi connectivity index (χ1v) is 5.79. The Kier molecular flexibility index (Phi) is 5.73. The van der Waals surface area contributed by atoms with Crippen molar-refractivity contribution in [1.82, 2.24) is 0 Å². The highest BCUT2D eigenvalue weighted by Gasteiger charge is 2.09. The van der Waals surface area contributed by atoms with Crippen LogP contribution in [-0.4, -0.2) is 5.25 Å². The van der Waals surface area contributed by atoms with Gasteiger partial charge in [-0.05, 0) is 23.7 Å². The van der Waals surface area contributed by atoms with Gasteiger partial charge >= 0.3 is 0 Å². The molecule has 0 aromatic heterocycles. The molecule has 0 bridgehead atoms. The van der Waals surface area contributed by atoms with E-state index in [2.05, 4.69) is 46.1 Å². The average Bonchev–Trinajstić information content (AvgIpc) is 2.04. The molecular weight excluding hydrogens is 164 g/mol. The molecule has 0 aromatic rings. The van der Waals surface area contributed by atoms with Crippen LogP contribution in [0.4, 0.5) is 0 Å². The molecule has 12 heavy (non-hydrogen) atoms. The van der Waals surface area contributed by atoms with Gasteiger partial charge < -0.3 is 0 Å². The van der Waals surface area contributed by atoms with Gasteiger partial charge in [-0.3, -0.25) is 0 Å². The molecule has 0 aliphatic heterocycles. The number of thioether (sulfide) groups is 1. The minimum absolute atomic E-state index is 0.375. The highest BCUT2D eigenvalue weighted by Crippen LogP contribution is 2.24. The van der Waals surface area contributed by atoms with Gasteiger partial charge in [0.1, 0.15) is 0 Å². The summed E-state index contributed by atoms with van der Waals surface area (Å²) in [6.07, 6.45) is 4.79. The van der Waals surface area contributed by atoms with E-state index in [-0.39, 0.29) is 0 Å². The molecule has 0 N–H and O–H groups in total. The Balaban J connectivity index is 3.75. The highest BCUT2D eigenvalue weighted by atomic mass is 32.2. The summed E-state index contributed by atoms with van der Waals surface area (Å²) in [5.74, 6) is 0. The number of hydrogen-bond donors (Lipinski definition) is 0. The Morgan fingerprint density at radius 3 is 2.33 bits per heavy atom. The van der Waals surface area contributed by atoms with E-state index in [0.29, 0.717) is 5.41 Å². The van der Waals surface area contributed by atoms with Gasteiger partial charge in [-0.25, -0.2) is 0 Å². The van der Waals surface area contributed by atoms with E-state index < -0.39 is 0 Å². The van der Waals surface area contributed by atoms with Gasteiger partial charge in [-0.15, -0.1) is 11.8 Å². The van der Waals surface area contributed by atoms with Crippen LogP contribution >= 0.6 is 11.8 Å². The van der Waals surface area contributed by atoms with E-state index in [1.54, 1.807) is 0 Å². The lowest BCUT2D eigenvalue weighted by Gasteiger charge is -2.16. The second kappa shape index (κ2) is 5.69. The standard InChI is InChI=1S/C11H22S/c1-6-10(3)12-9-8-11(4,5)7-2/h8-10H,6-7H2,1-5H3/b9-8-. The van der Waals surface area contributed by atoms with Crippen LogP contribution in [0, 0.1) is 5.41 Å². The molecule has 0 radical (unpaired) electrons. The van der Waals surface area contributed by atoms with Crippen molar-refractivity contribution in [3.05, 3.63) is 11.5 Å². The van der Waals surface area contributed by atoms with Gasteiger partial charge in [0.15, 0.2) is 0 Å². The van der Waals surface area contributed by atoms with Crippen LogP contribution in [0.1, 0.15) is 47.5 Å². The normalized spacial score (nSPS) is 15.4. The first-order valence-electron chi connectivity index (χ1n) is 4.85. The Morgan fingerprint density at radius 2 is 1.92 bits per heavy atom. The SMILES string of the molecule is CCC(C)S/C=C\C(C)(C)CC. The Hall–Kier alpha value is 0.0900. The number of rotatable bonds is 5. The summed E-state index contributed by atoms with van der Waals surface area (Å²) in [5.41, 5.74) is 0.375. The molecule has 72 valence electrons. The van der Waals surface area contributed by atoms with Crippen LogP contribution in [0.2, 0.25) is 0 Å². The maximum atomic E-state index is 2.32. The average molecular weight is 186 g/mol. The molecule has 0 heterocycles. The van der Waals surface area contributed by atoms with E-state index in [0.717, 1.165) is 5.25 Å². The van der Waals surface area contributed by atoms with Crippen LogP contribution in [0.5, 0.6) is 0 Å². The molecule has 0 amide bonds. The fraction of sp³-hybridized carbons (Fsp3) is 0.818. The van der Waals surface area contributed by atoms with Gasteiger partial charge in [0.05, 0.1) is 0 Å². The lowest BCUT2D eigenvalue weighted by atomic mass is 9.91. The third kappa shape index (κ3) is 5.70. The molecule has 0 aliphatic rings. The van der Waals surface area contributed by atoms with Crippen molar-refractivity contribution in [3.63, 3.8) is 0 Å². The Bertz CT molecular complexity index is 136. The second-order valence-corrected chi connectivity index (χ2v) is 5.35. The van der Waals surface area contributed by atoms with Gasteiger partial charge in [0.25, 0.3) is 0 Å². The van der Waals surface area contributed by atoms with Crippen molar-refractivity contribution < 1.29 is 0 Å². The minimum Gasteiger partial charge on any atom is -0.131 e. The fourth-order valence-electron chi connectivity index (χ4n) is 0.572. The third-order valence-corrected chi connectivity index (χ3v) is 3.41. The topological polar surface area (TPSA) is 0 Å². The van der Waals surface area contributed by atoms with E-state index in [1.807, 2.05) is 11.8 Å². The van der Waals surface area contributed by atoms with E-state index in [4.69, 9.17) is 0 Å². The van der Waals surface area contributed by atoms with Crippen LogP contribution in [0.3, 0.4) is 0 Å². The molecule has 0 saturated heterocycles. The first-order chi connectivity index (χ1) is 5.52. The molecular formula is C11H22S. The van der Waals surface area contributed by atoms with E-state index in [1.165, 1.54) is 12.8 Å². The lowest BCUT2D eigenvalue weighted by Crippen LogP contribution is -2.04. The summed E-state index contributed by atoms with van der Waals surface area (Å²) in [4.78, 5) is 0. The third-order valence-electron chi connectivity index (χ3n) is 2.32. The quantitative estimate of drug-likeness (QED) is 0.610. The van der Waals surface area contributed by atoms with Gasteiger partial charge in [0.2, 0.25) is 0 Å². The van der Waals surface area contributed by atoms with E-state index >= 15 is 0 Å². The summed E-state index contributed by atoms with van der Waals surface area (Å²) < 4.78 is 0. The van der Waals surface area contributed by atoms with Gasteiger partial charge in [-0.1, -0.05) is 40.7 Å². The zero-order chi connectivity index (χ0) is 9.61. The number of allylic oxidation sites excluding steroid dienone is 1. The molecule has 1 unspecified atom stereocenters. The molecule has 0 rings (SSSR count). The largest absolute Gasteiger partial charge is 0.131 e. The first kappa shape index (κ1) is 12.1. The summed E-state index contributed by atoms with van der Waals surface area (Å²) in [6, 6.07) is 0. The molecule has 0 nitrogen and oxygen atoms in total. The summed E-state index contributed by atoms with van der Waals surface area (Å²) in [7, 11) is 0. The van der Waals surface area contributed by atoms with E-state index in [9.17, 15) is 0 Å². The Labute approximate surface area is 81.8 Å². The van der Waals surface area contributed by atoms with Gasteiger partial charge in [-0.2, -0.15) is 0 Å². The molecule has 0 fully saturated rings. The molecule has 1 atom stereocenters. The zero-order valence-electron chi connectivity index (χ0n) is 9.05. The molecule has 0 saturated carbocycles. The van der Waals surface area contributed by atoms with Crippen molar-refractivity contribution in [2.45, 2.75) is 52.7 Å². The van der Waals surface area contributed by atoms with Crippen molar-refractivity contribution >= 4 is 11.8 Å². The maximum absolute atomic E-state index is 2.32. The van der Waals surface area contributed by atoms with Crippen molar-refractivity contribution in [2.75, 3.05) is 0 Å². The monoisotopic (exact) mass is 186 g/mol. The second-order valence-electron chi connectivity index (χ2n) is 4.00. The van der Waals surface area contributed by atoms with Crippen LogP contribution in [0.25, 0.3) is 0 Å². The summed E-state index contributed by atoms with van der Waals surface area (Å²) in [6.45, 7) is 11.3. The lowest BCUT2D eigenvalue weighted by molar-refractivity contribution is 0.463. The van der Waals surface area contributed by atoms with Crippen molar-refractivity contribution in [1.29, 1.82) is 0 Å². The predicted molar refractivity (Wildman–Crippen MR) is 60.6 cm³/mol. The Morgan fingerprint density at radius 1 is 1.33 bits per heavy atom. The zero-order valence-corrected chi connectivity index (χ0v) is 9.87. The molecule has 0 aliphatic carbocycles. The van der Waals surface area contributed by atoms with Crippen LogP contribution in [0.15, 0.2) is 11.5 Å². The fourth-order valence-corrected chi connectivity index (χ4v) is 1.48. The highest BCUT2D eigenvalue weighted by molar-refractivity contribution is 8.02. The predicted octanol–water partition coefficient (Wildman–Crippen LogP) is 4.47. The van der Waals surface area contributed by atoms with Crippen molar-refractivity contribution in [2.24, 2.45) is 5.41 Å². The number of hydrogen-bond acceptors (Lipinski definition) is 1. The maximum Gasteiger partial charge on any atom is 0.00574 e. The van der Waals surface area contributed by atoms with Crippen LogP contribution in [-0.2, 0) is 0 Å². The smallest absolute Gasteiger partial charge is 0.00574 e.